The lowest BCUT2D eigenvalue weighted by Crippen LogP contribution is -2.41. The predicted molar refractivity (Wildman–Crippen MR) is 96.4 cm³/mol. The summed E-state index contributed by atoms with van der Waals surface area (Å²) in [6.45, 7) is 8.11. The number of amides is 1. The highest BCUT2D eigenvalue weighted by atomic mass is 16.7. The summed E-state index contributed by atoms with van der Waals surface area (Å²) in [4.78, 5) is 17.3. The first-order valence-electron chi connectivity index (χ1n) is 8.27. The molecular formula is C18H25BN2O3. The molecule has 5 nitrogen and oxygen atoms in total. The van der Waals surface area contributed by atoms with Crippen LogP contribution in [0.2, 0.25) is 0 Å². The van der Waals surface area contributed by atoms with E-state index >= 15 is 0 Å². The van der Waals surface area contributed by atoms with E-state index in [-0.39, 0.29) is 5.91 Å². The van der Waals surface area contributed by atoms with Crippen LogP contribution in [0.4, 0.5) is 0 Å². The molecule has 128 valence electrons. The quantitative estimate of drug-likeness (QED) is 0.878. The van der Waals surface area contributed by atoms with Gasteiger partial charge in [0.1, 0.15) is 0 Å². The van der Waals surface area contributed by atoms with Crippen LogP contribution >= 0.6 is 0 Å². The van der Waals surface area contributed by atoms with Crippen LogP contribution in [-0.4, -0.2) is 48.2 Å². The Labute approximate surface area is 143 Å². The van der Waals surface area contributed by atoms with E-state index in [2.05, 4.69) is 4.98 Å². The largest absolute Gasteiger partial charge is 0.512 e. The monoisotopic (exact) mass is 328 g/mol. The molecule has 1 aromatic heterocycles. The van der Waals surface area contributed by atoms with Gasteiger partial charge in [-0.05, 0) is 39.3 Å². The molecule has 1 amide bonds. The molecule has 2 heterocycles. The van der Waals surface area contributed by atoms with E-state index in [1.54, 1.807) is 19.0 Å². The number of fused-ring (bicyclic) bond motifs is 1. The van der Waals surface area contributed by atoms with Crippen molar-refractivity contribution in [1.82, 2.24) is 9.88 Å². The lowest BCUT2D eigenvalue weighted by atomic mass is 9.80. The van der Waals surface area contributed by atoms with E-state index in [0.29, 0.717) is 6.42 Å². The third-order valence-electron chi connectivity index (χ3n) is 5.16. The summed E-state index contributed by atoms with van der Waals surface area (Å²) in [5, 5.41) is 1.04. The number of hydrogen-bond acceptors (Lipinski definition) is 3. The van der Waals surface area contributed by atoms with Crippen molar-refractivity contribution < 1.29 is 14.1 Å². The third kappa shape index (κ3) is 2.74. The number of nitrogens with one attached hydrogen (secondary N) is 1. The fourth-order valence-electron chi connectivity index (χ4n) is 2.88. The van der Waals surface area contributed by atoms with Gasteiger partial charge in [0.25, 0.3) is 0 Å². The van der Waals surface area contributed by atoms with Crippen molar-refractivity contribution in [3.05, 3.63) is 29.8 Å². The molecule has 0 bridgehead atoms. The topological polar surface area (TPSA) is 54.6 Å². The minimum absolute atomic E-state index is 0.0533. The number of hydrogen-bond donors (Lipinski definition) is 1. The smallest absolute Gasteiger partial charge is 0.398 e. The maximum atomic E-state index is 12.3. The molecule has 3 rings (SSSR count). The molecule has 0 saturated carbocycles. The van der Waals surface area contributed by atoms with Crippen LogP contribution < -0.4 is 5.59 Å². The Morgan fingerprint density at radius 1 is 1.12 bits per heavy atom. The maximum absolute atomic E-state index is 12.3. The first-order chi connectivity index (χ1) is 11.1. The van der Waals surface area contributed by atoms with Crippen LogP contribution in [0, 0.1) is 0 Å². The molecule has 1 aromatic carbocycles. The van der Waals surface area contributed by atoms with Crippen molar-refractivity contribution >= 4 is 29.5 Å². The lowest BCUT2D eigenvalue weighted by molar-refractivity contribution is -0.127. The lowest BCUT2D eigenvalue weighted by Gasteiger charge is -2.32. The van der Waals surface area contributed by atoms with E-state index in [4.69, 9.17) is 9.31 Å². The number of carbonyl (C=O) groups is 1. The maximum Gasteiger partial charge on any atom is 0.512 e. The van der Waals surface area contributed by atoms with Crippen LogP contribution in [-0.2, 0) is 20.5 Å². The number of aromatic nitrogens is 1. The normalized spacial score (nSPS) is 19.0. The zero-order chi connectivity index (χ0) is 17.7. The van der Waals surface area contributed by atoms with E-state index in [1.165, 1.54) is 0 Å². The molecule has 0 radical (unpaired) electrons. The molecule has 0 atom stereocenters. The van der Waals surface area contributed by atoms with Gasteiger partial charge in [0, 0.05) is 25.0 Å². The minimum atomic E-state index is -0.507. The van der Waals surface area contributed by atoms with E-state index in [1.807, 2.05) is 52.0 Å². The average molecular weight is 328 g/mol. The summed E-state index contributed by atoms with van der Waals surface area (Å²) in [7, 11) is 3.03. The van der Waals surface area contributed by atoms with Gasteiger partial charge in [-0.3, -0.25) is 4.79 Å². The van der Waals surface area contributed by atoms with E-state index in [0.717, 1.165) is 22.1 Å². The third-order valence-corrected chi connectivity index (χ3v) is 5.16. The van der Waals surface area contributed by atoms with Crippen molar-refractivity contribution in [3.63, 3.8) is 0 Å². The fourth-order valence-corrected chi connectivity index (χ4v) is 2.88. The average Bonchev–Trinajstić information content (AvgIpc) is 2.94. The molecule has 1 N–H and O–H groups in total. The molecule has 6 heteroatoms. The summed E-state index contributed by atoms with van der Waals surface area (Å²) in [6, 6.07) is 7.99. The highest BCUT2D eigenvalue weighted by molar-refractivity contribution is 6.62. The predicted octanol–water partition coefficient (Wildman–Crippen LogP) is 2.10. The van der Waals surface area contributed by atoms with Gasteiger partial charge in [0.2, 0.25) is 5.91 Å². The highest BCUT2D eigenvalue weighted by Crippen LogP contribution is 2.37. The summed E-state index contributed by atoms with van der Waals surface area (Å²) >= 11 is 0. The van der Waals surface area contributed by atoms with Crippen molar-refractivity contribution in [2.45, 2.75) is 45.3 Å². The van der Waals surface area contributed by atoms with Crippen molar-refractivity contribution in [2.75, 3.05) is 14.1 Å². The number of carbonyl (C=O) groups excluding carboxylic acids is 1. The van der Waals surface area contributed by atoms with Gasteiger partial charge in [0.15, 0.2) is 0 Å². The van der Waals surface area contributed by atoms with Crippen LogP contribution in [0.25, 0.3) is 10.9 Å². The Hall–Kier alpha value is -1.79. The van der Waals surface area contributed by atoms with Gasteiger partial charge in [-0.2, -0.15) is 0 Å². The van der Waals surface area contributed by atoms with E-state index in [9.17, 15) is 4.79 Å². The Kier molecular flexibility index (Phi) is 4.01. The Morgan fingerprint density at radius 2 is 1.71 bits per heavy atom. The molecule has 2 aromatic rings. The van der Waals surface area contributed by atoms with Gasteiger partial charge in [-0.25, -0.2) is 0 Å². The number of likely N-dealkylation sites (N-methyl/N-ethyl adjacent to an activating group) is 1. The Balaban J connectivity index is 2.06. The fraction of sp³-hybridized carbons (Fsp3) is 0.500. The van der Waals surface area contributed by atoms with Crippen LogP contribution in [0.5, 0.6) is 0 Å². The van der Waals surface area contributed by atoms with Crippen LogP contribution in [0.15, 0.2) is 24.3 Å². The van der Waals surface area contributed by atoms with Crippen molar-refractivity contribution in [1.29, 1.82) is 0 Å². The second-order valence-electron chi connectivity index (χ2n) is 7.62. The van der Waals surface area contributed by atoms with Crippen molar-refractivity contribution in [2.24, 2.45) is 0 Å². The first kappa shape index (κ1) is 17.1. The zero-order valence-electron chi connectivity index (χ0n) is 15.3. The van der Waals surface area contributed by atoms with Crippen LogP contribution in [0.3, 0.4) is 0 Å². The first-order valence-corrected chi connectivity index (χ1v) is 8.27. The second-order valence-corrected chi connectivity index (χ2v) is 7.62. The molecule has 0 unspecified atom stereocenters. The molecule has 0 spiro atoms. The van der Waals surface area contributed by atoms with Gasteiger partial charge in [0.05, 0.1) is 23.2 Å². The SMILES string of the molecule is CN(C)C(=O)Cc1c(B2OC(C)(C)C(C)(C)O2)[nH]c2ccccc12. The Morgan fingerprint density at radius 3 is 2.29 bits per heavy atom. The molecule has 1 aliphatic heterocycles. The number of H-pyrrole nitrogens is 1. The molecule has 1 fully saturated rings. The molecular weight excluding hydrogens is 303 g/mol. The summed E-state index contributed by atoms with van der Waals surface area (Å²) in [5.41, 5.74) is 1.94. The second kappa shape index (κ2) is 5.64. The van der Waals surface area contributed by atoms with Gasteiger partial charge in [-0.1, -0.05) is 18.2 Å². The highest BCUT2D eigenvalue weighted by Gasteiger charge is 2.53. The summed E-state index contributed by atoms with van der Waals surface area (Å²) in [5.74, 6) is 0.0533. The summed E-state index contributed by atoms with van der Waals surface area (Å²) < 4.78 is 12.4. The summed E-state index contributed by atoms with van der Waals surface area (Å²) in [6.07, 6.45) is 0.316. The van der Waals surface area contributed by atoms with Crippen LogP contribution in [0.1, 0.15) is 33.3 Å². The van der Waals surface area contributed by atoms with Gasteiger partial charge < -0.3 is 19.2 Å². The zero-order valence-corrected chi connectivity index (χ0v) is 15.3. The molecule has 1 saturated heterocycles. The molecule has 24 heavy (non-hydrogen) atoms. The van der Waals surface area contributed by atoms with Gasteiger partial charge >= 0.3 is 7.12 Å². The number of para-hydroxylation sites is 1. The standard InChI is InChI=1S/C18H25BN2O3/c1-17(2)18(3,4)24-19(23-17)16-13(11-15(22)21(5)6)12-9-7-8-10-14(12)20-16/h7-10,20H,11H2,1-6H3. The van der Waals surface area contributed by atoms with Crippen molar-refractivity contribution in [3.8, 4) is 0 Å². The number of nitrogens with zero attached hydrogens (tertiary/aromatic N) is 1. The number of aromatic amines is 1. The molecule has 0 aliphatic carbocycles. The minimum Gasteiger partial charge on any atom is -0.398 e. The number of benzene rings is 1. The van der Waals surface area contributed by atoms with E-state index < -0.39 is 18.3 Å². The molecule has 1 aliphatic rings. The Bertz CT molecular complexity index is 764. The number of rotatable bonds is 3. The van der Waals surface area contributed by atoms with Gasteiger partial charge in [-0.15, -0.1) is 0 Å².